The first kappa shape index (κ1) is 76.9. The maximum atomic E-state index is 12.5. The van der Waals surface area contributed by atoms with Crippen molar-refractivity contribution in [1.82, 2.24) is 5.32 Å². The molecule has 4 heteroatoms. The van der Waals surface area contributed by atoms with E-state index in [2.05, 4.69) is 31.3 Å². The Kier molecular flexibility index (Phi) is 69.1. The van der Waals surface area contributed by atoms with E-state index in [0.717, 1.165) is 32.1 Å². The second-order valence-corrected chi connectivity index (χ2v) is 25.4. The molecule has 0 spiro atoms. The third kappa shape index (κ3) is 65.7. The Morgan fingerprint density at radius 3 is 0.744 bits per heavy atom. The van der Waals surface area contributed by atoms with Gasteiger partial charge in [-0.2, -0.15) is 0 Å². The van der Waals surface area contributed by atoms with Crippen LogP contribution in [-0.4, -0.2) is 34.9 Å². The van der Waals surface area contributed by atoms with Crippen LogP contribution >= 0.6 is 0 Å². The lowest BCUT2D eigenvalue weighted by atomic mass is 10.0. The van der Waals surface area contributed by atoms with Gasteiger partial charge in [0.2, 0.25) is 5.91 Å². The number of nitrogens with one attached hydrogen (secondary N) is 1. The SMILES string of the molecule is CCCCCCCCCCCCCCCCCCCCCCCCC/C=C/CC/C=C/C(O)C(CO)NC(=O)CCCCCCCCCCCCCCCCCCCCCCCCCCCCCCCCCCCCCCC. The minimum atomic E-state index is -0.861. The van der Waals surface area contributed by atoms with Gasteiger partial charge in [0.05, 0.1) is 18.8 Å². The first-order chi connectivity index (χ1) is 38.7. The van der Waals surface area contributed by atoms with E-state index in [4.69, 9.17) is 0 Å². The number of aliphatic hydroxyl groups excluding tert-OH is 2. The number of rotatable bonds is 69. The molecule has 0 radical (unpaired) electrons. The molecule has 0 bridgehead atoms. The van der Waals surface area contributed by atoms with Crippen molar-refractivity contribution < 1.29 is 15.0 Å². The third-order valence-electron chi connectivity index (χ3n) is 17.4. The van der Waals surface area contributed by atoms with Crippen molar-refractivity contribution in [3.05, 3.63) is 24.3 Å². The molecule has 464 valence electrons. The number of carbonyl (C=O) groups excluding carboxylic acids is 1. The van der Waals surface area contributed by atoms with E-state index < -0.39 is 12.1 Å². The van der Waals surface area contributed by atoms with E-state index in [1.807, 2.05) is 6.08 Å². The third-order valence-corrected chi connectivity index (χ3v) is 17.4. The highest BCUT2D eigenvalue weighted by atomic mass is 16.3. The van der Waals surface area contributed by atoms with E-state index in [9.17, 15) is 15.0 Å². The second kappa shape index (κ2) is 70.1. The van der Waals surface area contributed by atoms with Crippen molar-refractivity contribution in [2.24, 2.45) is 0 Å². The van der Waals surface area contributed by atoms with Crippen molar-refractivity contribution >= 4 is 5.91 Å². The van der Waals surface area contributed by atoms with Crippen LogP contribution in [0.25, 0.3) is 0 Å². The van der Waals surface area contributed by atoms with Gasteiger partial charge in [0.25, 0.3) is 0 Å². The lowest BCUT2D eigenvalue weighted by molar-refractivity contribution is -0.123. The van der Waals surface area contributed by atoms with Gasteiger partial charge in [0, 0.05) is 6.42 Å². The lowest BCUT2D eigenvalue weighted by Crippen LogP contribution is -2.45. The summed E-state index contributed by atoms with van der Waals surface area (Å²) in [5, 5.41) is 23.3. The fourth-order valence-electron chi connectivity index (χ4n) is 11.9. The molecule has 0 saturated carbocycles. The molecule has 0 heterocycles. The molecular weight excluding hydrogens is 951 g/mol. The predicted molar refractivity (Wildman–Crippen MR) is 350 cm³/mol. The normalized spacial score (nSPS) is 12.7. The monoisotopic (exact) mass is 1100 g/mol. The Morgan fingerprint density at radius 1 is 0.295 bits per heavy atom. The summed E-state index contributed by atoms with van der Waals surface area (Å²) in [7, 11) is 0. The molecule has 0 fully saturated rings. The smallest absolute Gasteiger partial charge is 0.220 e. The largest absolute Gasteiger partial charge is 0.394 e. The maximum absolute atomic E-state index is 12.5. The summed E-state index contributed by atoms with van der Waals surface area (Å²) in [6.45, 7) is 4.36. The van der Waals surface area contributed by atoms with Crippen LogP contribution in [0.2, 0.25) is 0 Å². The predicted octanol–water partition coefficient (Wildman–Crippen LogP) is 24.9. The number of hydrogen-bond acceptors (Lipinski definition) is 3. The first-order valence-corrected chi connectivity index (χ1v) is 36.6. The fourth-order valence-corrected chi connectivity index (χ4v) is 11.9. The zero-order valence-electron chi connectivity index (χ0n) is 53.7. The topological polar surface area (TPSA) is 69.6 Å². The maximum Gasteiger partial charge on any atom is 0.220 e. The van der Waals surface area contributed by atoms with Crippen LogP contribution in [0.4, 0.5) is 0 Å². The summed E-state index contributed by atoms with van der Waals surface area (Å²) in [6, 6.07) is -0.638. The van der Waals surface area contributed by atoms with E-state index >= 15 is 0 Å². The zero-order chi connectivity index (χ0) is 56.2. The summed E-state index contributed by atoms with van der Waals surface area (Å²) in [6.07, 6.45) is 95.9. The number of amides is 1. The van der Waals surface area contributed by atoms with Crippen molar-refractivity contribution in [1.29, 1.82) is 0 Å². The summed E-state index contributed by atoms with van der Waals surface area (Å²) in [5.74, 6) is -0.0636. The standard InChI is InChI=1S/C74H145NO3/c1-3-5-7-9-11-13-15-17-19-21-23-25-27-29-31-33-34-35-36-37-38-39-40-42-44-46-48-50-52-54-56-58-60-62-64-66-68-70-74(78)75-72(71-76)73(77)69-67-65-63-61-59-57-55-53-51-49-47-45-43-41-32-30-28-26-24-22-20-18-16-14-12-10-8-6-4-2/h59,61,67,69,72-73,76-77H,3-58,60,62-66,68,70-71H2,1-2H3,(H,75,78)/b61-59+,69-67+. The Bertz CT molecular complexity index is 1150. The van der Waals surface area contributed by atoms with Crippen molar-refractivity contribution in [3.63, 3.8) is 0 Å². The van der Waals surface area contributed by atoms with Crippen molar-refractivity contribution in [3.8, 4) is 0 Å². The van der Waals surface area contributed by atoms with Gasteiger partial charge in [0.1, 0.15) is 0 Å². The van der Waals surface area contributed by atoms with Gasteiger partial charge in [0.15, 0.2) is 0 Å². The van der Waals surface area contributed by atoms with E-state index in [-0.39, 0.29) is 12.5 Å². The van der Waals surface area contributed by atoms with Crippen LogP contribution in [0.15, 0.2) is 24.3 Å². The van der Waals surface area contributed by atoms with Crippen LogP contribution in [0.3, 0.4) is 0 Å². The number of carbonyl (C=O) groups is 1. The van der Waals surface area contributed by atoms with Crippen LogP contribution in [0.5, 0.6) is 0 Å². The minimum Gasteiger partial charge on any atom is -0.394 e. The molecular formula is C74H145NO3. The van der Waals surface area contributed by atoms with Gasteiger partial charge < -0.3 is 15.5 Å². The molecule has 0 saturated heterocycles. The van der Waals surface area contributed by atoms with Gasteiger partial charge in [-0.15, -0.1) is 0 Å². The number of hydrogen-bond donors (Lipinski definition) is 3. The van der Waals surface area contributed by atoms with Crippen LogP contribution in [-0.2, 0) is 4.79 Å². The Hall–Kier alpha value is -1.13. The van der Waals surface area contributed by atoms with E-state index in [1.54, 1.807) is 6.08 Å². The van der Waals surface area contributed by atoms with Gasteiger partial charge >= 0.3 is 0 Å². The molecule has 2 unspecified atom stereocenters. The van der Waals surface area contributed by atoms with Gasteiger partial charge in [-0.1, -0.05) is 411 Å². The molecule has 0 aliphatic heterocycles. The highest BCUT2D eigenvalue weighted by Crippen LogP contribution is 2.20. The van der Waals surface area contributed by atoms with Crippen LogP contribution in [0.1, 0.15) is 425 Å². The number of unbranched alkanes of at least 4 members (excludes halogenated alkanes) is 60. The molecule has 1 amide bonds. The van der Waals surface area contributed by atoms with Crippen molar-refractivity contribution in [2.75, 3.05) is 6.61 Å². The summed E-state index contributed by atoms with van der Waals surface area (Å²) < 4.78 is 0. The molecule has 78 heavy (non-hydrogen) atoms. The highest BCUT2D eigenvalue weighted by Gasteiger charge is 2.18. The van der Waals surface area contributed by atoms with Crippen LogP contribution < -0.4 is 5.32 Å². The zero-order valence-corrected chi connectivity index (χ0v) is 53.7. The molecule has 0 aliphatic rings. The summed E-state index contributed by atoms with van der Waals surface area (Å²) in [4.78, 5) is 12.5. The molecule has 0 aromatic carbocycles. The molecule has 0 rings (SSSR count). The van der Waals surface area contributed by atoms with E-state index in [0.29, 0.717) is 6.42 Å². The van der Waals surface area contributed by atoms with Gasteiger partial charge in [-0.05, 0) is 32.1 Å². The Labute approximate surface area is 491 Å². The quantitative estimate of drug-likeness (QED) is 0.0420. The van der Waals surface area contributed by atoms with E-state index in [1.165, 1.54) is 372 Å². The fraction of sp³-hybridized carbons (Fsp3) is 0.932. The average molecular weight is 1100 g/mol. The average Bonchev–Trinajstić information content (AvgIpc) is 3.44. The molecule has 0 aliphatic carbocycles. The Balaban J connectivity index is 3.41. The second-order valence-electron chi connectivity index (χ2n) is 25.4. The molecule has 0 aromatic rings. The summed E-state index contributed by atoms with van der Waals surface area (Å²) >= 11 is 0. The van der Waals surface area contributed by atoms with Crippen LogP contribution in [0, 0.1) is 0 Å². The van der Waals surface area contributed by atoms with Gasteiger partial charge in [-0.25, -0.2) is 0 Å². The minimum absolute atomic E-state index is 0.0636. The van der Waals surface area contributed by atoms with Gasteiger partial charge in [-0.3, -0.25) is 4.79 Å². The van der Waals surface area contributed by atoms with Crippen molar-refractivity contribution in [2.45, 2.75) is 437 Å². The number of aliphatic hydroxyl groups is 2. The molecule has 2 atom stereocenters. The number of allylic oxidation sites excluding steroid dienone is 3. The molecule has 0 aromatic heterocycles. The Morgan fingerprint density at radius 2 is 0.500 bits per heavy atom. The lowest BCUT2D eigenvalue weighted by Gasteiger charge is -2.19. The summed E-state index contributed by atoms with van der Waals surface area (Å²) in [5.41, 5.74) is 0. The molecule has 3 N–H and O–H groups in total. The highest BCUT2D eigenvalue weighted by molar-refractivity contribution is 5.76. The molecule has 4 nitrogen and oxygen atoms in total. The first-order valence-electron chi connectivity index (χ1n) is 36.6.